The molecule has 0 spiro atoms. The van der Waals surface area contributed by atoms with Gasteiger partial charge in [-0.1, -0.05) is 30.3 Å². The summed E-state index contributed by atoms with van der Waals surface area (Å²) in [5.74, 6) is 0. The van der Waals surface area contributed by atoms with Crippen molar-refractivity contribution in [3.8, 4) is 0 Å². The van der Waals surface area contributed by atoms with E-state index >= 15 is 0 Å². The van der Waals surface area contributed by atoms with Crippen molar-refractivity contribution in [2.24, 2.45) is 0 Å². The predicted molar refractivity (Wildman–Crippen MR) is 77.8 cm³/mol. The average Bonchev–Trinajstić information content (AvgIpc) is 2.88. The summed E-state index contributed by atoms with van der Waals surface area (Å²) in [6.45, 7) is 4.31. The van der Waals surface area contributed by atoms with Gasteiger partial charge in [0, 0.05) is 24.5 Å². The lowest BCUT2D eigenvalue weighted by atomic mass is 10.0. The van der Waals surface area contributed by atoms with Crippen LogP contribution >= 0.6 is 0 Å². The fourth-order valence-corrected chi connectivity index (χ4v) is 2.99. The van der Waals surface area contributed by atoms with E-state index in [0.29, 0.717) is 6.04 Å². The molecule has 2 heteroatoms. The molecule has 19 heavy (non-hydrogen) atoms. The van der Waals surface area contributed by atoms with Gasteiger partial charge in [-0.15, -0.1) is 0 Å². The zero-order valence-electron chi connectivity index (χ0n) is 11.4. The number of rotatable bonds is 3. The normalized spacial score (nSPS) is 19.7. The van der Waals surface area contributed by atoms with Crippen LogP contribution in [-0.4, -0.2) is 16.4 Å². The minimum atomic E-state index is 0.557. The van der Waals surface area contributed by atoms with Gasteiger partial charge in [-0.05, 0) is 49.6 Å². The molecule has 1 saturated heterocycles. The summed E-state index contributed by atoms with van der Waals surface area (Å²) in [5.41, 5.74) is 3.94. The van der Waals surface area contributed by atoms with Crippen molar-refractivity contribution < 1.29 is 0 Å². The van der Waals surface area contributed by atoms with E-state index in [-0.39, 0.29) is 0 Å². The molecule has 0 bridgehead atoms. The van der Waals surface area contributed by atoms with Crippen LogP contribution in [0.2, 0.25) is 0 Å². The molecule has 2 heterocycles. The van der Waals surface area contributed by atoms with Crippen LogP contribution in [0, 0.1) is 6.92 Å². The Morgan fingerprint density at radius 2 is 2.05 bits per heavy atom. The van der Waals surface area contributed by atoms with E-state index in [1.54, 1.807) is 0 Å². The van der Waals surface area contributed by atoms with Crippen LogP contribution in [0.4, 0.5) is 0 Å². The van der Waals surface area contributed by atoms with E-state index in [9.17, 15) is 0 Å². The number of pyridine rings is 1. The van der Waals surface area contributed by atoms with E-state index in [1.165, 1.54) is 30.5 Å². The molecule has 98 valence electrons. The van der Waals surface area contributed by atoms with E-state index < -0.39 is 0 Å². The van der Waals surface area contributed by atoms with E-state index in [0.717, 1.165) is 12.2 Å². The molecule has 0 amide bonds. The number of hydrogen-bond acceptors (Lipinski definition) is 2. The fraction of sp³-hybridized carbons (Fsp3) is 0.353. The minimum absolute atomic E-state index is 0.557. The van der Waals surface area contributed by atoms with Gasteiger partial charge < -0.3 is 0 Å². The largest absolute Gasteiger partial charge is 0.292 e. The Morgan fingerprint density at radius 1 is 1.21 bits per heavy atom. The van der Waals surface area contributed by atoms with Gasteiger partial charge in [0.25, 0.3) is 0 Å². The molecule has 0 saturated carbocycles. The Bertz CT molecular complexity index is 536. The molecule has 1 aromatic carbocycles. The van der Waals surface area contributed by atoms with Crippen LogP contribution in [0.3, 0.4) is 0 Å². The lowest BCUT2D eigenvalue weighted by Crippen LogP contribution is -2.22. The molecule has 1 aromatic heterocycles. The highest BCUT2D eigenvalue weighted by molar-refractivity contribution is 5.22. The van der Waals surface area contributed by atoms with Crippen molar-refractivity contribution in [3.63, 3.8) is 0 Å². The number of aromatic nitrogens is 1. The standard InChI is InChI=1S/C17H20N2/c1-14-12-16(9-10-18-14)17-8-5-11-19(17)13-15-6-3-2-4-7-15/h2-4,6-7,9-10,12,17H,5,8,11,13H2,1H3/t17-/m0/s1. The molecule has 3 rings (SSSR count). The van der Waals surface area contributed by atoms with Crippen molar-refractivity contribution in [3.05, 3.63) is 65.5 Å². The highest BCUT2D eigenvalue weighted by Crippen LogP contribution is 2.33. The second-order valence-corrected chi connectivity index (χ2v) is 5.34. The van der Waals surface area contributed by atoms with Crippen molar-refractivity contribution in [2.45, 2.75) is 32.4 Å². The van der Waals surface area contributed by atoms with E-state index in [1.807, 2.05) is 6.20 Å². The van der Waals surface area contributed by atoms with Crippen LogP contribution in [0.15, 0.2) is 48.7 Å². The number of benzene rings is 1. The summed E-state index contributed by atoms with van der Waals surface area (Å²) in [7, 11) is 0. The Labute approximate surface area is 115 Å². The molecule has 2 nitrogen and oxygen atoms in total. The Kier molecular flexibility index (Phi) is 3.60. The molecule has 0 aliphatic carbocycles. The zero-order valence-corrected chi connectivity index (χ0v) is 11.4. The highest BCUT2D eigenvalue weighted by Gasteiger charge is 2.25. The molecule has 1 atom stereocenters. The summed E-state index contributed by atoms with van der Waals surface area (Å²) >= 11 is 0. The van der Waals surface area contributed by atoms with E-state index in [4.69, 9.17) is 0 Å². The first-order valence-electron chi connectivity index (χ1n) is 7.03. The molecular formula is C17H20N2. The maximum atomic E-state index is 4.30. The summed E-state index contributed by atoms with van der Waals surface area (Å²) < 4.78 is 0. The van der Waals surface area contributed by atoms with Gasteiger partial charge in [-0.3, -0.25) is 9.88 Å². The lowest BCUT2D eigenvalue weighted by molar-refractivity contribution is 0.248. The average molecular weight is 252 g/mol. The smallest absolute Gasteiger partial charge is 0.0375 e. The summed E-state index contributed by atoms with van der Waals surface area (Å²) in [4.78, 5) is 6.89. The first kappa shape index (κ1) is 12.4. The van der Waals surface area contributed by atoms with Crippen LogP contribution in [0.5, 0.6) is 0 Å². The van der Waals surface area contributed by atoms with Crippen molar-refractivity contribution in [1.82, 2.24) is 9.88 Å². The SMILES string of the molecule is Cc1cc([C@@H]2CCCN2Cc2ccccc2)ccn1. The molecule has 1 aliphatic rings. The van der Waals surface area contributed by atoms with Crippen molar-refractivity contribution in [2.75, 3.05) is 6.54 Å². The number of aryl methyl sites for hydroxylation is 1. The Hall–Kier alpha value is -1.67. The molecule has 0 N–H and O–H groups in total. The molecule has 1 fully saturated rings. The molecule has 2 aromatic rings. The topological polar surface area (TPSA) is 16.1 Å². The number of nitrogens with zero attached hydrogens (tertiary/aromatic N) is 2. The lowest BCUT2D eigenvalue weighted by Gasteiger charge is -2.25. The van der Waals surface area contributed by atoms with Gasteiger partial charge >= 0.3 is 0 Å². The van der Waals surface area contributed by atoms with Gasteiger partial charge in [-0.25, -0.2) is 0 Å². The van der Waals surface area contributed by atoms with Crippen LogP contribution in [0.25, 0.3) is 0 Å². The van der Waals surface area contributed by atoms with Crippen LogP contribution in [0.1, 0.15) is 35.7 Å². The van der Waals surface area contributed by atoms with E-state index in [2.05, 4.69) is 59.3 Å². The second-order valence-electron chi connectivity index (χ2n) is 5.34. The van der Waals surface area contributed by atoms with Crippen LogP contribution in [-0.2, 0) is 6.54 Å². The first-order chi connectivity index (χ1) is 9.33. The quantitative estimate of drug-likeness (QED) is 0.827. The first-order valence-corrected chi connectivity index (χ1v) is 7.03. The van der Waals surface area contributed by atoms with Gasteiger partial charge in [-0.2, -0.15) is 0 Å². The fourth-order valence-electron chi connectivity index (χ4n) is 2.99. The van der Waals surface area contributed by atoms with Crippen molar-refractivity contribution >= 4 is 0 Å². The third-order valence-corrected chi connectivity index (χ3v) is 3.90. The van der Waals surface area contributed by atoms with Gasteiger partial charge in [0.2, 0.25) is 0 Å². The Balaban J connectivity index is 1.78. The number of hydrogen-bond donors (Lipinski definition) is 0. The molecule has 0 radical (unpaired) electrons. The maximum absolute atomic E-state index is 4.30. The molecule has 1 aliphatic heterocycles. The number of likely N-dealkylation sites (tertiary alicyclic amines) is 1. The monoisotopic (exact) mass is 252 g/mol. The molecular weight excluding hydrogens is 232 g/mol. The van der Waals surface area contributed by atoms with Crippen LogP contribution < -0.4 is 0 Å². The van der Waals surface area contributed by atoms with Gasteiger partial charge in [0.1, 0.15) is 0 Å². The Morgan fingerprint density at radius 3 is 2.84 bits per heavy atom. The minimum Gasteiger partial charge on any atom is -0.292 e. The molecule has 0 unspecified atom stereocenters. The summed E-state index contributed by atoms with van der Waals surface area (Å²) in [5, 5.41) is 0. The third kappa shape index (κ3) is 2.85. The second kappa shape index (κ2) is 5.54. The summed E-state index contributed by atoms with van der Waals surface area (Å²) in [6, 6.07) is 15.7. The maximum Gasteiger partial charge on any atom is 0.0375 e. The summed E-state index contributed by atoms with van der Waals surface area (Å²) in [6.07, 6.45) is 4.48. The predicted octanol–water partition coefficient (Wildman–Crippen LogP) is 3.73. The third-order valence-electron chi connectivity index (χ3n) is 3.90. The van der Waals surface area contributed by atoms with Gasteiger partial charge in [0.15, 0.2) is 0 Å². The van der Waals surface area contributed by atoms with Crippen molar-refractivity contribution in [1.29, 1.82) is 0 Å². The van der Waals surface area contributed by atoms with Gasteiger partial charge in [0.05, 0.1) is 0 Å². The highest BCUT2D eigenvalue weighted by atomic mass is 15.2. The zero-order chi connectivity index (χ0) is 13.1.